The minimum Gasteiger partial charge on any atom is -0.400 e. The third kappa shape index (κ3) is 3.21. The first-order valence-electron chi connectivity index (χ1n) is 4.50. The van der Waals surface area contributed by atoms with Crippen molar-refractivity contribution in [2.75, 3.05) is 13.7 Å². The van der Waals surface area contributed by atoms with Crippen LogP contribution in [0.3, 0.4) is 0 Å². The van der Waals surface area contributed by atoms with Gasteiger partial charge in [0.05, 0.1) is 5.60 Å². The Morgan fingerprint density at radius 1 is 1.09 bits per heavy atom. The molecule has 0 amide bonds. The van der Waals surface area contributed by atoms with Crippen molar-refractivity contribution in [1.29, 1.82) is 0 Å². The van der Waals surface area contributed by atoms with Gasteiger partial charge in [0.1, 0.15) is 0 Å². The van der Waals surface area contributed by atoms with Crippen molar-refractivity contribution in [3.05, 3.63) is 0 Å². The minimum absolute atomic E-state index is 0.444. The Morgan fingerprint density at radius 3 is 1.82 bits per heavy atom. The molecule has 0 atom stereocenters. The topological polar surface area (TPSA) is 29.5 Å². The molecule has 1 saturated heterocycles. The fraction of sp³-hybridized carbons (Fsp3) is 1.00. The summed E-state index contributed by atoms with van der Waals surface area (Å²) in [6, 6.07) is 0. The maximum absolute atomic E-state index is 7.00. The molecule has 0 aromatic heterocycles. The van der Waals surface area contributed by atoms with Crippen LogP contribution in [0, 0.1) is 0 Å². The molecule has 0 aromatic carbocycles. The zero-order chi connectivity index (χ0) is 8.74. The van der Waals surface area contributed by atoms with Gasteiger partial charge in [0.2, 0.25) is 0 Å². The second-order valence-corrected chi connectivity index (χ2v) is 2.64. The summed E-state index contributed by atoms with van der Waals surface area (Å²) < 4.78 is 5.45. The van der Waals surface area contributed by atoms with Crippen molar-refractivity contribution >= 4 is 0 Å². The lowest BCUT2D eigenvalue weighted by molar-refractivity contribution is 0.0909. The van der Waals surface area contributed by atoms with Gasteiger partial charge in [0, 0.05) is 13.7 Å². The van der Waals surface area contributed by atoms with Gasteiger partial charge in [-0.2, -0.15) is 0 Å². The predicted octanol–water partition coefficient (Wildman–Crippen LogP) is 1.96. The highest BCUT2D eigenvalue weighted by Gasteiger charge is 2.46. The summed E-state index contributed by atoms with van der Waals surface area (Å²) in [6.45, 7) is 5.03. The van der Waals surface area contributed by atoms with Gasteiger partial charge in [-0.05, 0) is 25.7 Å². The fourth-order valence-electron chi connectivity index (χ4n) is 1.29. The molecule has 1 aliphatic carbocycles. The Bertz CT molecular complexity index is 79.6. The average Bonchev–Trinajstić information content (AvgIpc) is 2.68. The highest BCUT2D eigenvalue weighted by molar-refractivity contribution is 4.98. The second kappa shape index (κ2) is 5.56. The highest BCUT2D eigenvalue weighted by atomic mass is 16.5. The quantitative estimate of drug-likeness (QED) is 0.587. The Kier molecular flexibility index (Phi) is 5.51. The SMILES string of the molecule is C1COC2(C1)CC2.CC.CO. The van der Waals surface area contributed by atoms with E-state index in [0.29, 0.717) is 5.60 Å². The van der Waals surface area contributed by atoms with Crippen LogP contribution in [-0.4, -0.2) is 24.4 Å². The molecule has 1 spiro atoms. The molecular formula is C9H20O2. The lowest BCUT2D eigenvalue weighted by Gasteiger charge is -2.00. The number of rotatable bonds is 0. The van der Waals surface area contributed by atoms with Gasteiger partial charge in [-0.25, -0.2) is 0 Å². The highest BCUT2D eigenvalue weighted by Crippen LogP contribution is 2.46. The minimum atomic E-state index is 0.444. The lowest BCUT2D eigenvalue weighted by Crippen LogP contribution is -2.02. The van der Waals surface area contributed by atoms with Crippen LogP contribution < -0.4 is 0 Å². The normalized spacial score (nSPS) is 22.9. The van der Waals surface area contributed by atoms with Crippen LogP contribution in [0.1, 0.15) is 39.5 Å². The molecule has 1 heterocycles. The summed E-state index contributed by atoms with van der Waals surface area (Å²) >= 11 is 0. The third-order valence-electron chi connectivity index (χ3n) is 1.99. The lowest BCUT2D eigenvalue weighted by atomic mass is 10.2. The van der Waals surface area contributed by atoms with Gasteiger partial charge in [-0.15, -0.1) is 0 Å². The van der Waals surface area contributed by atoms with Crippen molar-refractivity contribution in [3.8, 4) is 0 Å². The van der Waals surface area contributed by atoms with Crippen molar-refractivity contribution in [2.45, 2.75) is 45.1 Å². The van der Waals surface area contributed by atoms with E-state index in [-0.39, 0.29) is 0 Å². The maximum atomic E-state index is 7.00. The van der Waals surface area contributed by atoms with Crippen LogP contribution in [0.5, 0.6) is 0 Å². The van der Waals surface area contributed by atoms with E-state index in [4.69, 9.17) is 9.84 Å². The number of aliphatic hydroxyl groups is 1. The molecule has 2 nitrogen and oxygen atoms in total. The van der Waals surface area contributed by atoms with Crippen molar-refractivity contribution < 1.29 is 9.84 Å². The van der Waals surface area contributed by atoms with Crippen LogP contribution in [0.2, 0.25) is 0 Å². The smallest absolute Gasteiger partial charge is 0.0685 e. The molecule has 11 heavy (non-hydrogen) atoms. The molecule has 0 radical (unpaired) electrons. The Hall–Kier alpha value is -0.0800. The maximum Gasteiger partial charge on any atom is 0.0685 e. The monoisotopic (exact) mass is 160 g/mol. The van der Waals surface area contributed by atoms with Crippen LogP contribution in [0.15, 0.2) is 0 Å². The van der Waals surface area contributed by atoms with Crippen molar-refractivity contribution in [1.82, 2.24) is 0 Å². The summed E-state index contributed by atoms with van der Waals surface area (Å²) in [6.07, 6.45) is 5.33. The molecule has 1 aliphatic heterocycles. The molecule has 2 heteroatoms. The molecule has 0 unspecified atom stereocenters. The van der Waals surface area contributed by atoms with Crippen molar-refractivity contribution in [3.63, 3.8) is 0 Å². The molecule has 1 N–H and O–H groups in total. The summed E-state index contributed by atoms with van der Waals surface area (Å²) in [5.41, 5.74) is 0.444. The second-order valence-electron chi connectivity index (χ2n) is 2.64. The molecule has 2 rings (SSSR count). The number of hydrogen-bond acceptors (Lipinski definition) is 2. The molecule has 0 aromatic rings. The van der Waals surface area contributed by atoms with E-state index in [1.54, 1.807) is 0 Å². The van der Waals surface area contributed by atoms with E-state index in [1.165, 1.54) is 25.7 Å². The summed E-state index contributed by atoms with van der Waals surface area (Å²) in [5.74, 6) is 0. The summed E-state index contributed by atoms with van der Waals surface area (Å²) in [7, 11) is 1.00. The fourth-order valence-corrected chi connectivity index (χ4v) is 1.29. The third-order valence-corrected chi connectivity index (χ3v) is 1.99. The Morgan fingerprint density at radius 2 is 1.64 bits per heavy atom. The van der Waals surface area contributed by atoms with E-state index < -0.39 is 0 Å². The number of aliphatic hydroxyl groups excluding tert-OH is 1. The molecule has 2 aliphatic rings. The van der Waals surface area contributed by atoms with E-state index in [0.717, 1.165) is 13.7 Å². The van der Waals surface area contributed by atoms with Gasteiger partial charge in [0.25, 0.3) is 0 Å². The first kappa shape index (κ1) is 10.9. The molecule has 0 bridgehead atoms. The average molecular weight is 160 g/mol. The Balaban J connectivity index is 0.000000222. The number of hydrogen-bond donors (Lipinski definition) is 1. The van der Waals surface area contributed by atoms with Gasteiger partial charge >= 0.3 is 0 Å². The summed E-state index contributed by atoms with van der Waals surface area (Å²) in [4.78, 5) is 0. The van der Waals surface area contributed by atoms with E-state index >= 15 is 0 Å². The molecular weight excluding hydrogens is 140 g/mol. The first-order valence-corrected chi connectivity index (χ1v) is 4.50. The number of ether oxygens (including phenoxy) is 1. The van der Waals surface area contributed by atoms with Gasteiger partial charge in [-0.3, -0.25) is 0 Å². The van der Waals surface area contributed by atoms with E-state index in [9.17, 15) is 0 Å². The van der Waals surface area contributed by atoms with Gasteiger partial charge in [0.15, 0.2) is 0 Å². The van der Waals surface area contributed by atoms with Crippen LogP contribution in [0.4, 0.5) is 0 Å². The zero-order valence-electron chi connectivity index (χ0n) is 7.89. The standard InChI is InChI=1S/C6H10O.C2H6.CH4O/c1-2-6(3-4-6)7-5-1;2*1-2/h1-5H2;1-2H3;2H,1H3. The van der Waals surface area contributed by atoms with Gasteiger partial charge in [-0.1, -0.05) is 13.8 Å². The van der Waals surface area contributed by atoms with Gasteiger partial charge < -0.3 is 9.84 Å². The van der Waals surface area contributed by atoms with Crippen molar-refractivity contribution in [2.24, 2.45) is 0 Å². The van der Waals surface area contributed by atoms with Crippen LogP contribution in [0.25, 0.3) is 0 Å². The first-order chi connectivity index (χ1) is 5.41. The predicted molar refractivity (Wildman–Crippen MR) is 46.6 cm³/mol. The molecule has 2 fully saturated rings. The largest absolute Gasteiger partial charge is 0.400 e. The zero-order valence-corrected chi connectivity index (χ0v) is 7.89. The molecule has 1 saturated carbocycles. The summed E-state index contributed by atoms with van der Waals surface area (Å²) in [5, 5.41) is 7.00. The van der Waals surface area contributed by atoms with Crippen LogP contribution >= 0.6 is 0 Å². The van der Waals surface area contributed by atoms with Crippen LogP contribution in [-0.2, 0) is 4.74 Å². The Labute approximate surface area is 69.6 Å². The molecule has 68 valence electrons. The van der Waals surface area contributed by atoms with E-state index in [1.807, 2.05) is 13.8 Å². The van der Waals surface area contributed by atoms with E-state index in [2.05, 4.69) is 0 Å².